The van der Waals surface area contributed by atoms with E-state index in [9.17, 15) is 0 Å². The highest BCUT2D eigenvalue weighted by molar-refractivity contribution is 6.15. The summed E-state index contributed by atoms with van der Waals surface area (Å²) < 4.78 is 0. The quantitative estimate of drug-likeness (QED) is 0.142. The number of hydrogen-bond donors (Lipinski definition) is 0. The third-order valence-corrected chi connectivity index (χ3v) is 23.1. The van der Waals surface area contributed by atoms with Crippen LogP contribution in [-0.2, 0) is 16.2 Å². The zero-order valence-corrected chi connectivity index (χ0v) is 71.8. The van der Waals surface area contributed by atoms with E-state index in [1.807, 2.05) is 137 Å². The van der Waals surface area contributed by atoms with Gasteiger partial charge in [0.05, 0.1) is 32.8 Å². The van der Waals surface area contributed by atoms with E-state index in [0.29, 0.717) is 0 Å². The summed E-state index contributed by atoms with van der Waals surface area (Å²) in [6, 6.07) is 120. The second-order valence-corrected chi connectivity index (χ2v) is 27.4. The predicted octanol–water partition coefficient (Wildman–Crippen LogP) is 32.4. The molecule has 582 valence electrons. The maximum Gasteiger partial charge on any atom is 0.0725 e. The normalized spacial score (nSPS) is 12.6. The van der Waals surface area contributed by atoms with E-state index in [4.69, 9.17) is 15.0 Å². The van der Waals surface area contributed by atoms with Crippen molar-refractivity contribution in [3.63, 3.8) is 0 Å². The molecule has 0 amide bonds. The number of hydrogen-bond acceptors (Lipinski definition) is 3. The molecule has 0 aliphatic heterocycles. The van der Waals surface area contributed by atoms with Crippen LogP contribution < -0.4 is 0 Å². The minimum absolute atomic E-state index is 0.293. The average Bonchev–Trinajstić information content (AvgIpc) is 1.53. The highest BCUT2D eigenvalue weighted by Crippen LogP contribution is 2.67. The molecule has 18 aromatic rings. The number of aromatic nitrogens is 3. The van der Waals surface area contributed by atoms with Gasteiger partial charge in [-0.15, -0.1) is 0 Å². The molecular formula is C114H111N3. The lowest BCUT2D eigenvalue weighted by Gasteiger charge is -2.30. The van der Waals surface area contributed by atoms with Gasteiger partial charge in [0.25, 0.3) is 0 Å². The second kappa shape index (κ2) is 36.0. The molecule has 3 nitrogen and oxygen atoms in total. The fourth-order valence-corrected chi connectivity index (χ4v) is 19.4. The van der Waals surface area contributed by atoms with Crippen LogP contribution in [0.3, 0.4) is 0 Å². The van der Waals surface area contributed by atoms with E-state index in [1.54, 1.807) is 0 Å². The van der Waals surface area contributed by atoms with Crippen molar-refractivity contribution in [3.8, 4) is 66.8 Å². The Bertz CT molecular complexity index is 6320. The zero-order valence-electron chi connectivity index (χ0n) is 71.8. The summed E-state index contributed by atoms with van der Waals surface area (Å²) in [5.74, 6) is 0. The molecule has 3 aromatic heterocycles. The van der Waals surface area contributed by atoms with Gasteiger partial charge in [0.15, 0.2) is 0 Å². The number of para-hydroxylation sites is 3. The number of pyridine rings is 3. The Morgan fingerprint density at radius 1 is 0.154 bits per heavy atom. The van der Waals surface area contributed by atoms with Crippen LogP contribution in [0.5, 0.6) is 0 Å². The third kappa shape index (κ3) is 12.5. The van der Waals surface area contributed by atoms with Crippen molar-refractivity contribution in [2.75, 3.05) is 0 Å². The van der Waals surface area contributed by atoms with Crippen molar-refractivity contribution in [2.24, 2.45) is 0 Å². The molecule has 15 aromatic carbocycles. The van der Waals surface area contributed by atoms with E-state index < -0.39 is 0 Å². The molecule has 0 atom stereocenters. The molecule has 3 heteroatoms. The van der Waals surface area contributed by atoms with Crippen LogP contribution in [0.25, 0.3) is 132 Å². The molecule has 0 fully saturated rings. The summed E-state index contributed by atoms with van der Waals surface area (Å²) in [5.41, 5.74) is 34.8. The first-order valence-corrected chi connectivity index (χ1v) is 43.5. The van der Waals surface area contributed by atoms with Crippen LogP contribution in [0.4, 0.5) is 0 Å². The molecule has 0 N–H and O–H groups in total. The van der Waals surface area contributed by atoms with E-state index in [-0.39, 0.29) is 16.2 Å². The van der Waals surface area contributed by atoms with Crippen LogP contribution in [0.1, 0.15) is 191 Å². The Morgan fingerprint density at radius 3 is 0.744 bits per heavy atom. The predicted molar refractivity (Wildman–Crippen MR) is 509 cm³/mol. The molecule has 117 heavy (non-hydrogen) atoms. The van der Waals surface area contributed by atoms with Crippen LogP contribution in [0, 0.1) is 0 Å². The first-order valence-electron chi connectivity index (χ1n) is 43.5. The van der Waals surface area contributed by atoms with Gasteiger partial charge in [-0.1, -0.05) is 410 Å². The van der Waals surface area contributed by atoms with Crippen molar-refractivity contribution < 1.29 is 0 Å². The largest absolute Gasteiger partial charge is 0.256 e. The van der Waals surface area contributed by atoms with E-state index in [2.05, 4.69) is 334 Å². The van der Waals surface area contributed by atoms with Crippen LogP contribution in [0.2, 0.25) is 0 Å². The van der Waals surface area contributed by atoms with Gasteiger partial charge in [0.1, 0.15) is 0 Å². The van der Waals surface area contributed by atoms with Crippen molar-refractivity contribution in [1.82, 2.24) is 15.0 Å². The highest BCUT2D eigenvalue weighted by Gasteiger charge is 2.55. The molecule has 24 rings (SSSR count). The van der Waals surface area contributed by atoms with Crippen molar-refractivity contribution in [2.45, 2.75) is 141 Å². The first kappa shape index (κ1) is 82.3. The Labute approximate surface area is 696 Å². The first-order chi connectivity index (χ1) is 58.1. The topological polar surface area (TPSA) is 38.7 Å². The Balaban J connectivity index is 0.000000139. The molecule has 0 saturated carbocycles. The van der Waals surface area contributed by atoms with Gasteiger partial charge in [-0.2, -0.15) is 0 Å². The van der Waals surface area contributed by atoms with Crippen molar-refractivity contribution in [3.05, 3.63) is 413 Å². The maximum atomic E-state index is 4.86. The molecule has 0 radical (unpaired) electrons. The monoisotopic (exact) mass is 1520 g/mol. The summed E-state index contributed by atoms with van der Waals surface area (Å²) >= 11 is 0. The summed E-state index contributed by atoms with van der Waals surface area (Å²) in [6.07, 6.45) is 6.16. The average molecular weight is 1520 g/mol. The molecule has 3 heterocycles. The molecule has 0 saturated heterocycles. The minimum atomic E-state index is -0.294. The summed E-state index contributed by atoms with van der Waals surface area (Å²) in [7, 11) is 0. The van der Waals surface area contributed by atoms with Gasteiger partial charge in [0, 0.05) is 50.9 Å². The smallest absolute Gasteiger partial charge is 0.0725 e. The number of rotatable bonds is 0. The van der Waals surface area contributed by atoms with Gasteiger partial charge in [0.2, 0.25) is 0 Å². The number of nitrogens with zero attached hydrogens (tertiary/aromatic N) is 3. The molecular weight excluding hydrogens is 1410 g/mol. The standard InChI is InChI=1S/3C32H19N.9C2H6/c1-5-13-26-21(9-1)22-10-2-6-14-27(22)32(26)28-15-7-3-12-24(28)31-25-19-33-30-16-8-4-11-23(30)20(25)17-18-29(31)32;1-5-13-27-21(9-1)22-10-2-6-14-28(22)32(27)29-15-7-3-11-23(29)26-18-25-20(17-30(26)32)19-33-31-16-8-4-12-24(25)31;1-5-13-27-21(9-1)22-10-2-6-14-28(22)32(27)29-15-7-3-11-23(29)26-17-20-19-33-31-16-8-4-12-24(31)25(20)18-30(26)32;9*1-2/h3*1-19H;9*1-2H3. The van der Waals surface area contributed by atoms with E-state index >= 15 is 0 Å². The van der Waals surface area contributed by atoms with E-state index in [0.717, 1.165) is 16.6 Å². The molecule has 0 unspecified atom stereocenters. The van der Waals surface area contributed by atoms with Crippen LogP contribution in [0.15, 0.2) is 346 Å². The SMILES string of the molecule is CC.CC.CC.CC.CC.CC.CC.CC.CC.c1ccc2c(c1)-c1ccccc1C21c2ccccc2-c2c1ccc1c2cnc2ccccc21.c1ccc2c(c1)-c1ccccc1C21c2ccccc2-c2cc3c(cnc4ccccc43)cc21.c1ccc2c(c1)-c1ccccc1C21c2ccccc2-c2cc3cnc4ccccc4c3cc21. The van der Waals surface area contributed by atoms with Crippen LogP contribution in [-0.4, -0.2) is 15.0 Å². The van der Waals surface area contributed by atoms with Gasteiger partial charge >= 0.3 is 0 Å². The summed E-state index contributed by atoms with van der Waals surface area (Å²) in [6.45, 7) is 36.0. The summed E-state index contributed by atoms with van der Waals surface area (Å²) in [5, 5.41) is 11.1. The maximum absolute atomic E-state index is 4.86. The Kier molecular flexibility index (Phi) is 25.3. The third-order valence-electron chi connectivity index (χ3n) is 23.1. The molecule has 6 aliphatic carbocycles. The lowest BCUT2D eigenvalue weighted by Crippen LogP contribution is -2.25. The van der Waals surface area contributed by atoms with Gasteiger partial charge < -0.3 is 0 Å². The summed E-state index contributed by atoms with van der Waals surface area (Å²) in [4.78, 5) is 14.4. The Morgan fingerprint density at radius 2 is 0.393 bits per heavy atom. The Hall–Kier alpha value is -12.7. The fraction of sp³-hybridized carbons (Fsp3) is 0.184. The second-order valence-electron chi connectivity index (χ2n) is 27.4. The zero-order chi connectivity index (χ0) is 82.7. The number of fused-ring (bicyclic) bond motifs is 40. The fourth-order valence-electron chi connectivity index (χ4n) is 19.4. The van der Waals surface area contributed by atoms with Crippen LogP contribution >= 0.6 is 0 Å². The van der Waals surface area contributed by atoms with Gasteiger partial charge in [-0.05, 0) is 192 Å². The molecule has 3 spiro atoms. The molecule has 6 aliphatic rings. The van der Waals surface area contributed by atoms with Crippen molar-refractivity contribution in [1.29, 1.82) is 0 Å². The van der Waals surface area contributed by atoms with Crippen molar-refractivity contribution >= 4 is 65.0 Å². The highest BCUT2D eigenvalue weighted by atomic mass is 14.7. The number of benzene rings is 15. The minimum Gasteiger partial charge on any atom is -0.256 e. The van der Waals surface area contributed by atoms with Gasteiger partial charge in [-0.3, -0.25) is 15.0 Å². The van der Waals surface area contributed by atoms with E-state index in [1.165, 1.54) is 182 Å². The lowest BCUT2D eigenvalue weighted by atomic mass is 9.70. The van der Waals surface area contributed by atoms with Gasteiger partial charge in [-0.25, -0.2) is 0 Å². The molecule has 0 bridgehead atoms. The lowest BCUT2D eigenvalue weighted by molar-refractivity contribution is 0.794.